The molecule has 0 fully saturated rings. The predicted molar refractivity (Wildman–Crippen MR) is 69.1 cm³/mol. The van der Waals surface area contributed by atoms with Gasteiger partial charge in [0.1, 0.15) is 18.3 Å². The lowest BCUT2D eigenvalue weighted by molar-refractivity contribution is 0.582. The number of aromatic nitrogens is 9. The molecule has 3 heterocycles. The van der Waals surface area contributed by atoms with Crippen molar-refractivity contribution in [1.82, 2.24) is 44.7 Å². The summed E-state index contributed by atoms with van der Waals surface area (Å²) in [6.45, 7) is 2.77. The van der Waals surface area contributed by atoms with Gasteiger partial charge in [0.25, 0.3) is 5.95 Å². The number of hydrogen-bond donors (Lipinski definition) is 0. The maximum absolute atomic E-state index is 5.94. The molecule has 0 saturated carbocycles. The Morgan fingerprint density at radius 2 is 2.15 bits per heavy atom. The van der Waals surface area contributed by atoms with Gasteiger partial charge in [-0.3, -0.25) is 0 Å². The zero-order chi connectivity index (χ0) is 13.9. The molecule has 0 aliphatic carbocycles. The Labute approximate surface area is 118 Å². The van der Waals surface area contributed by atoms with E-state index in [0.717, 1.165) is 13.0 Å². The van der Waals surface area contributed by atoms with Crippen LogP contribution in [0.4, 0.5) is 0 Å². The second kappa shape index (κ2) is 5.29. The van der Waals surface area contributed by atoms with Gasteiger partial charge in [0.05, 0.1) is 6.20 Å². The molecule has 20 heavy (non-hydrogen) atoms. The molecule has 0 N–H and O–H groups in total. The van der Waals surface area contributed by atoms with Gasteiger partial charge in [-0.15, -0.1) is 5.10 Å². The van der Waals surface area contributed by atoms with E-state index in [1.165, 1.54) is 17.3 Å². The molecule has 3 aromatic heterocycles. The number of nitrogens with zero attached hydrogens (tertiary/aromatic N) is 9. The van der Waals surface area contributed by atoms with Crippen molar-refractivity contribution in [3.05, 3.63) is 24.1 Å². The van der Waals surface area contributed by atoms with Crippen molar-refractivity contribution < 1.29 is 0 Å². The van der Waals surface area contributed by atoms with Crippen molar-refractivity contribution in [3.8, 4) is 17.5 Å². The molecule has 0 atom stereocenters. The molecule has 3 rings (SSSR count). The highest BCUT2D eigenvalue weighted by Gasteiger charge is 2.13. The third-order valence-electron chi connectivity index (χ3n) is 2.50. The van der Waals surface area contributed by atoms with Crippen LogP contribution in [0, 0.1) is 0 Å². The minimum absolute atomic E-state index is 0.0738. The largest absolute Gasteiger partial charge is 0.256 e. The molecule has 0 bridgehead atoms. The number of halogens is 1. The number of hydrogen-bond acceptors (Lipinski definition) is 7. The molecule has 0 amide bonds. The molecule has 10 heteroatoms. The maximum Gasteiger partial charge on any atom is 0.256 e. The zero-order valence-electron chi connectivity index (χ0n) is 10.5. The predicted octanol–water partition coefficient (Wildman–Crippen LogP) is 0.774. The Morgan fingerprint density at radius 1 is 1.25 bits per heavy atom. The van der Waals surface area contributed by atoms with Crippen LogP contribution in [0.3, 0.4) is 0 Å². The molecule has 0 aromatic carbocycles. The van der Waals surface area contributed by atoms with Crippen LogP contribution >= 0.6 is 11.6 Å². The summed E-state index contributed by atoms with van der Waals surface area (Å²) in [5.41, 5.74) is 0.678. The van der Waals surface area contributed by atoms with Crippen molar-refractivity contribution in [2.45, 2.75) is 19.9 Å². The van der Waals surface area contributed by atoms with Crippen molar-refractivity contribution in [2.24, 2.45) is 0 Å². The summed E-state index contributed by atoms with van der Waals surface area (Å²) in [4.78, 5) is 16.3. The first-order valence-corrected chi connectivity index (χ1v) is 6.31. The quantitative estimate of drug-likeness (QED) is 0.700. The fourth-order valence-electron chi connectivity index (χ4n) is 1.68. The summed E-state index contributed by atoms with van der Waals surface area (Å²) in [6, 6.07) is 0. The first-order chi connectivity index (χ1) is 9.78. The van der Waals surface area contributed by atoms with E-state index < -0.39 is 0 Å². The van der Waals surface area contributed by atoms with E-state index in [4.69, 9.17) is 11.6 Å². The van der Waals surface area contributed by atoms with Crippen LogP contribution in [-0.2, 0) is 6.54 Å². The summed E-state index contributed by atoms with van der Waals surface area (Å²) in [5, 5.41) is 11.9. The first kappa shape index (κ1) is 12.6. The van der Waals surface area contributed by atoms with E-state index >= 15 is 0 Å². The summed E-state index contributed by atoms with van der Waals surface area (Å²) >= 11 is 5.94. The highest BCUT2D eigenvalue weighted by molar-refractivity contribution is 6.28. The lowest BCUT2D eigenvalue weighted by Gasteiger charge is -2.05. The van der Waals surface area contributed by atoms with E-state index in [2.05, 4.69) is 35.3 Å². The summed E-state index contributed by atoms with van der Waals surface area (Å²) < 4.78 is 3.13. The minimum atomic E-state index is 0.0738. The van der Waals surface area contributed by atoms with Gasteiger partial charge in [-0.1, -0.05) is 12.1 Å². The van der Waals surface area contributed by atoms with Gasteiger partial charge in [-0.05, 0) is 18.0 Å². The monoisotopic (exact) mass is 291 g/mol. The maximum atomic E-state index is 5.94. The molecule has 9 nitrogen and oxygen atoms in total. The second-order valence-electron chi connectivity index (χ2n) is 3.91. The van der Waals surface area contributed by atoms with Crippen LogP contribution in [0.1, 0.15) is 13.3 Å². The van der Waals surface area contributed by atoms with Gasteiger partial charge in [0, 0.05) is 6.54 Å². The molecule has 0 radical (unpaired) electrons. The van der Waals surface area contributed by atoms with Gasteiger partial charge in [-0.25, -0.2) is 9.67 Å². The molecule has 0 unspecified atom stereocenters. The van der Waals surface area contributed by atoms with Crippen LogP contribution < -0.4 is 0 Å². The van der Waals surface area contributed by atoms with Crippen LogP contribution in [0.5, 0.6) is 0 Å². The smallest absolute Gasteiger partial charge is 0.241 e. The topological polar surface area (TPSA) is 100 Å². The van der Waals surface area contributed by atoms with Crippen LogP contribution in [0.25, 0.3) is 17.5 Å². The Morgan fingerprint density at radius 3 is 2.90 bits per heavy atom. The SMILES string of the molecule is CCCn1nncc1-c1nc(Cl)nc(-n2cncn2)n1. The van der Waals surface area contributed by atoms with Crippen molar-refractivity contribution in [1.29, 1.82) is 0 Å². The minimum Gasteiger partial charge on any atom is -0.241 e. The fourth-order valence-corrected chi connectivity index (χ4v) is 1.83. The van der Waals surface area contributed by atoms with Gasteiger partial charge in [0.2, 0.25) is 5.28 Å². The summed E-state index contributed by atoms with van der Waals surface area (Å²) in [6.07, 6.45) is 5.38. The van der Waals surface area contributed by atoms with E-state index in [1.807, 2.05) is 6.92 Å². The third kappa shape index (κ3) is 2.35. The lowest BCUT2D eigenvalue weighted by Crippen LogP contribution is -2.08. The number of aryl methyl sites for hydroxylation is 1. The van der Waals surface area contributed by atoms with E-state index in [1.54, 1.807) is 10.9 Å². The average Bonchev–Trinajstić information content (AvgIpc) is 3.09. The van der Waals surface area contributed by atoms with E-state index in [-0.39, 0.29) is 5.28 Å². The first-order valence-electron chi connectivity index (χ1n) is 5.93. The molecule has 0 aliphatic rings. The van der Waals surface area contributed by atoms with Gasteiger partial charge >= 0.3 is 0 Å². The van der Waals surface area contributed by atoms with Crippen LogP contribution in [-0.4, -0.2) is 44.7 Å². The van der Waals surface area contributed by atoms with Crippen molar-refractivity contribution in [2.75, 3.05) is 0 Å². The number of rotatable bonds is 4. The molecular formula is C10H10ClN9. The standard InChI is InChI=1S/C10H10ClN9/c1-2-3-19-7(4-13-18-19)8-15-9(11)17-10(16-8)20-6-12-5-14-20/h4-6H,2-3H2,1H3. The molecule has 3 aromatic rings. The van der Waals surface area contributed by atoms with Gasteiger partial charge in [0.15, 0.2) is 5.82 Å². The van der Waals surface area contributed by atoms with E-state index in [0.29, 0.717) is 17.5 Å². The van der Waals surface area contributed by atoms with E-state index in [9.17, 15) is 0 Å². The zero-order valence-corrected chi connectivity index (χ0v) is 11.3. The molecule has 0 aliphatic heterocycles. The molecule has 0 spiro atoms. The lowest BCUT2D eigenvalue weighted by atomic mass is 10.4. The highest BCUT2D eigenvalue weighted by Crippen LogP contribution is 2.16. The fraction of sp³-hybridized carbons (Fsp3) is 0.300. The van der Waals surface area contributed by atoms with Gasteiger partial charge < -0.3 is 0 Å². The van der Waals surface area contributed by atoms with Crippen LogP contribution in [0.15, 0.2) is 18.9 Å². The Balaban J connectivity index is 2.08. The Kier molecular flexibility index (Phi) is 3.33. The van der Waals surface area contributed by atoms with Crippen molar-refractivity contribution in [3.63, 3.8) is 0 Å². The Hall–Kier alpha value is -2.42. The molecule has 102 valence electrons. The molecular weight excluding hydrogens is 282 g/mol. The second-order valence-corrected chi connectivity index (χ2v) is 4.25. The third-order valence-corrected chi connectivity index (χ3v) is 2.67. The summed E-state index contributed by atoms with van der Waals surface area (Å²) in [5.74, 6) is 0.690. The normalized spacial score (nSPS) is 10.9. The van der Waals surface area contributed by atoms with Crippen molar-refractivity contribution >= 4 is 11.6 Å². The average molecular weight is 292 g/mol. The van der Waals surface area contributed by atoms with Crippen LogP contribution in [0.2, 0.25) is 5.28 Å². The molecule has 0 saturated heterocycles. The van der Waals surface area contributed by atoms with Gasteiger partial charge in [-0.2, -0.15) is 24.7 Å². The highest BCUT2D eigenvalue weighted by atomic mass is 35.5. The summed E-state index contributed by atoms with van der Waals surface area (Å²) in [7, 11) is 0. The Bertz CT molecular complexity index is 705.